The van der Waals surface area contributed by atoms with E-state index in [1.807, 2.05) is 19.9 Å². The van der Waals surface area contributed by atoms with Gasteiger partial charge in [0.2, 0.25) is 5.78 Å². The Morgan fingerprint density at radius 3 is 2.63 bits per heavy atom. The number of rotatable bonds is 3. The van der Waals surface area contributed by atoms with E-state index in [0.29, 0.717) is 19.3 Å². The normalized spacial score (nSPS) is 47.1. The van der Waals surface area contributed by atoms with Gasteiger partial charge in [-0.2, -0.15) is 0 Å². The monoisotopic (exact) mass is 454 g/mol. The van der Waals surface area contributed by atoms with Crippen LogP contribution in [-0.4, -0.2) is 45.1 Å². The highest BCUT2D eigenvalue weighted by Crippen LogP contribution is 2.71. The van der Waals surface area contributed by atoms with Crippen LogP contribution in [-0.2, 0) is 19.1 Å². The second-order valence-electron chi connectivity index (χ2n) is 9.82. The number of hydrogen-bond donors (Lipinski definition) is 1. The molecule has 4 aliphatic carbocycles. The summed E-state index contributed by atoms with van der Waals surface area (Å²) in [7, 11) is 0. The Hall–Kier alpha value is -1.17. The lowest BCUT2D eigenvalue weighted by Crippen LogP contribution is -2.67. The summed E-state index contributed by atoms with van der Waals surface area (Å²) < 4.78 is 4.90. The van der Waals surface area contributed by atoms with Crippen molar-refractivity contribution in [2.45, 2.75) is 68.7 Å². The maximum Gasteiger partial charge on any atom is 0.303 e. The standard InChI is InChI=1S/C23H28Cl2O5/c1-13(26)30-12-19(28)22(29)9-7-16-17-5-4-14-10-15(27)6-8-20(14,2)23(17,25)18(24)11-21(16,22)3/h6,8,10,16-18,29H,4-5,7,9,11-12H2,1-3H3/t16-,17-,18-,20+,21+,22-,23-/m1/s1. The molecule has 0 heterocycles. The van der Waals surface area contributed by atoms with Gasteiger partial charge in [0, 0.05) is 17.8 Å². The summed E-state index contributed by atoms with van der Waals surface area (Å²) in [5, 5.41) is 11.0. The fourth-order valence-corrected chi connectivity index (χ4v) is 8.13. The van der Waals surface area contributed by atoms with Gasteiger partial charge in [0.05, 0.1) is 10.3 Å². The third kappa shape index (κ3) is 2.67. The van der Waals surface area contributed by atoms with Gasteiger partial charge in [0.25, 0.3) is 0 Å². The Bertz CT molecular complexity index is 881. The van der Waals surface area contributed by atoms with E-state index in [1.54, 1.807) is 12.2 Å². The average Bonchev–Trinajstić information content (AvgIpc) is 2.94. The van der Waals surface area contributed by atoms with Gasteiger partial charge in [-0.05, 0) is 56.1 Å². The van der Waals surface area contributed by atoms with Crippen molar-refractivity contribution < 1.29 is 24.2 Å². The highest BCUT2D eigenvalue weighted by molar-refractivity contribution is 6.34. The molecular weight excluding hydrogens is 427 g/mol. The van der Waals surface area contributed by atoms with Crippen LogP contribution in [0.15, 0.2) is 23.8 Å². The average molecular weight is 455 g/mol. The SMILES string of the molecule is CC(=O)OCC(=O)[C@]1(O)CC[C@@H]2[C@H]3CCC4=CC(=O)C=C[C@]4(C)[C@]3(Cl)[C@H](Cl)C[C@@]21C. The predicted octanol–water partition coefficient (Wildman–Crippen LogP) is 3.74. The molecule has 3 saturated carbocycles. The van der Waals surface area contributed by atoms with E-state index in [9.17, 15) is 19.5 Å². The molecule has 0 aliphatic heterocycles. The quantitative estimate of drug-likeness (QED) is 0.518. The van der Waals surface area contributed by atoms with E-state index in [0.717, 1.165) is 18.4 Å². The van der Waals surface area contributed by atoms with Crippen molar-refractivity contribution in [1.29, 1.82) is 0 Å². The Morgan fingerprint density at radius 1 is 1.27 bits per heavy atom. The molecule has 7 heteroatoms. The zero-order chi connectivity index (χ0) is 22.1. The molecule has 30 heavy (non-hydrogen) atoms. The van der Waals surface area contributed by atoms with Crippen LogP contribution in [0.4, 0.5) is 0 Å². The summed E-state index contributed by atoms with van der Waals surface area (Å²) in [4.78, 5) is 35.3. The van der Waals surface area contributed by atoms with Gasteiger partial charge in [-0.25, -0.2) is 0 Å². The first-order chi connectivity index (χ1) is 13.9. The van der Waals surface area contributed by atoms with Gasteiger partial charge in [-0.3, -0.25) is 14.4 Å². The third-order valence-corrected chi connectivity index (χ3v) is 10.2. The minimum atomic E-state index is -1.60. The van der Waals surface area contributed by atoms with Crippen LogP contribution < -0.4 is 0 Å². The van der Waals surface area contributed by atoms with E-state index in [2.05, 4.69) is 0 Å². The van der Waals surface area contributed by atoms with Gasteiger partial charge in [-0.15, -0.1) is 23.2 Å². The smallest absolute Gasteiger partial charge is 0.303 e. The first-order valence-electron chi connectivity index (χ1n) is 10.6. The number of halogens is 2. The number of esters is 1. The molecule has 0 aromatic heterocycles. The first-order valence-corrected chi connectivity index (χ1v) is 11.4. The van der Waals surface area contributed by atoms with Crippen LogP contribution in [0, 0.1) is 22.7 Å². The number of fused-ring (bicyclic) bond motifs is 5. The minimum absolute atomic E-state index is 0.000631. The summed E-state index contributed by atoms with van der Waals surface area (Å²) in [6, 6.07) is 0. The Balaban J connectivity index is 1.72. The molecule has 164 valence electrons. The number of alkyl halides is 2. The zero-order valence-electron chi connectivity index (χ0n) is 17.5. The maximum absolute atomic E-state index is 12.9. The molecule has 0 bridgehead atoms. The van der Waals surface area contributed by atoms with Crippen molar-refractivity contribution in [3.8, 4) is 0 Å². The van der Waals surface area contributed by atoms with Crippen molar-refractivity contribution in [2.24, 2.45) is 22.7 Å². The van der Waals surface area contributed by atoms with Crippen molar-refractivity contribution in [3.63, 3.8) is 0 Å². The molecule has 0 radical (unpaired) electrons. The number of carbonyl (C=O) groups excluding carboxylic acids is 3. The molecular formula is C23H28Cl2O5. The predicted molar refractivity (Wildman–Crippen MR) is 113 cm³/mol. The lowest BCUT2D eigenvalue weighted by atomic mass is 9.46. The summed E-state index contributed by atoms with van der Waals surface area (Å²) in [6.45, 7) is 4.78. The van der Waals surface area contributed by atoms with Gasteiger partial charge in [0.1, 0.15) is 5.60 Å². The van der Waals surface area contributed by atoms with Gasteiger partial charge in [-0.1, -0.05) is 25.5 Å². The lowest BCUT2D eigenvalue weighted by molar-refractivity contribution is -0.167. The van der Waals surface area contributed by atoms with E-state index in [1.165, 1.54) is 6.92 Å². The molecule has 5 nitrogen and oxygen atoms in total. The minimum Gasteiger partial charge on any atom is -0.458 e. The maximum atomic E-state index is 12.9. The molecule has 0 unspecified atom stereocenters. The highest BCUT2D eigenvalue weighted by Gasteiger charge is 2.72. The molecule has 0 aromatic carbocycles. The second-order valence-corrected chi connectivity index (χ2v) is 11.0. The van der Waals surface area contributed by atoms with Crippen molar-refractivity contribution in [3.05, 3.63) is 23.8 Å². The number of allylic oxidation sites excluding steroid dienone is 4. The molecule has 4 aliphatic rings. The molecule has 4 rings (SSSR count). The number of hydrogen-bond acceptors (Lipinski definition) is 5. The summed E-state index contributed by atoms with van der Waals surface area (Å²) in [6.07, 6.45) is 7.97. The molecule has 0 spiro atoms. The van der Waals surface area contributed by atoms with E-state index in [4.69, 9.17) is 27.9 Å². The molecule has 3 fully saturated rings. The largest absolute Gasteiger partial charge is 0.458 e. The molecule has 0 aromatic rings. The van der Waals surface area contributed by atoms with Gasteiger partial charge in [0.15, 0.2) is 12.4 Å². The summed E-state index contributed by atoms with van der Waals surface area (Å²) in [5.74, 6) is -1.07. The van der Waals surface area contributed by atoms with Gasteiger partial charge < -0.3 is 9.84 Å². The van der Waals surface area contributed by atoms with Crippen LogP contribution in [0.5, 0.6) is 0 Å². The molecule has 0 saturated heterocycles. The zero-order valence-corrected chi connectivity index (χ0v) is 19.1. The van der Waals surface area contributed by atoms with Crippen LogP contribution in [0.1, 0.15) is 52.9 Å². The van der Waals surface area contributed by atoms with Crippen LogP contribution in [0.3, 0.4) is 0 Å². The van der Waals surface area contributed by atoms with E-state index >= 15 is 0 Å². The van der Waals surface area contributed by atoms with Crippen molar-refractivity contribution in [1.82, 2.24) is 0 Å². The van der Waals surface area contributed by atoms with Crippen LogP contribution in [0.25, 0.3) is 0 Å². The number of ketones is 2. The summed E-state index contributed by atoms with van der Waals surface area (Å²) >= 11 is 14.4. The van der Waals surface area contributed by atoms with E-state index < -0.39 is 45.0 Å². The van der Waals surface area contributed by atoms with E-state index in [-0.39, 0.29) is 17.6 Å². The summed E-state index contributed by atoms with van der Waals surface area (Å²) in [5.41, 5.74) is -1.91. The number of ether oxygens (including phenoxy) is 1. The fourth-order valence-electron chi connectivity index (χ4n) is 6.89. The lowest BCUT2D eigenvalue weighted by Gasteiger charge is -2.63. The van der Waals surface area contributed by atoms with Crippen molar-refractivity contribution >= 4 is 40.7 Å². The van der Waals surface area contributed by atoms with Crippen LogP contribution in [0.2, 0.25) is 0 Å². The molecule has 7 atom stereocenters. The Kier molecular flexibility index (Phi) is 5.08. The molecule has 1 N–H and O–H groups in total. The fraction of sp³-hybridized carbons (Fsp3) is 0.696. The Labute approximate surface area is 186 Å². The topological polar surface area (TPSA) is 80.7 Å². The second kappa shape index (κ2) is 6.91. The third-order valence-electron chi connectivity index (χ3n) is 8.62. The molecule has 0 amide bonds. The van der Waals surface area contributed by atoms with Crippen molar-refractivity contribution in [2.75, 3.05) is 6.61 Å². The highest BCUT2D eigenvalue weighted by atomic mass is 35.5. The van der Waals surface area contributed by atoms with Gasteiger partial charge >= 0.3 is 5.97 Å². The number of carbonyl (C=O) groups is 3. The number of Topliss-reactive ketones (excluding diaryl/α,β-unsaturated/α-hetero) is 1. The first kappa shape index (κ1) is 22.0. The number of aliphatic hydroxyl groups is 1. The van der Waals surface area contributed by atoms with Crippen LogP contribution >= 0.6 is 23.2 Å². The Morgan fingerprint density at radius 2 is 1.97 bits per heavy atom.